The molecule has 0 aliphatic carbocycles. The van der Waals surface area contributed by atoms with Gasteiger partial charge < -0.3 is 24.6 Å². The quantitative estimate of drug-likeness (QED) is 0.887. The van der Waals surface area contributed by atoms with Crippen LogP contribution in [-0.4, -0.2) is 45.3 Å². The number of fused-ring (bicyclic) bond motifs is 2. The largest absolute Gasteiger partial charge is 0.486 e. The van der Waals surface area contributed by atoms with E-state index in [1.807, 2.05) is 23.1 Å². The zero-order valence-corrected chi connectivity index (χ0v) is 15.9. The lowest BCUT2D eigenvalue weighted by molar-refractivity contribution is -0.119. The van der Waals surface area contributed by atoms with Crippen molar-refractivity contribution in [1.29, 1.82) is 0 Å². The van der Waals surface area contributed by atoms with Crippen molar-refractivity contribution in [2.45, 2.75) is 19.4 Å². The van der Waals surface area contributed by atoms with Gasteiger partial charge in [-0.2, -0.15) is 0 Å². The number of hydrogen-bond donors (Lipinski definition) is 1. The van der Waals surface area contributed by atoms with E-state index in [1.165, 1.54) is 5.56 Å². The second kappa shape index (κ2) is 7.36. The Hall–Kier alpha value is -2.73. The van der Waals surface area contributed by atoms with Crippen molar-refractivity contribution in [2.75, 3.05) is 49.2 Å². The number of carbonyl (C=O) groups is 1. The first kappa shape index (κ1) is 17.4. The normalized spacial score (nSPS) is 18.8. The summed E-state index contributed by atoms with van der Waals surface area (Å²) in [5.74, 6) is 1.73. The Balaban J connectivity index is 1.53. The summed E-state index contributed by atoms with van der Waals surface area (Å²) < 4.78 is 11.9. The number of piperazine rings is 1. The van der Waals surface area contributed by atoms with Crippen molar-refractivity contribution in [2.24, 2.45) is 0 Å². The highest BCUT2D eigenvalue weighted by atomic mass is 16.6. The van der Waals surface area contributed by atoms with E-state index in [0.717, 1.165) is 61.0 Å². The molecular formula is C22H25N3O3. The number of anilines is 2. The highest BCUT2D eigenvalue weighted by Gasteiger charge is 2.27. The van der Waals surface area contributed by atoms with Gasteiger partial charge in [-0.3, -0.25) is 4.79 Å². The highest BCUT2D eigenvalue weighted by molar-refractivity contribution is 5.96. The van der Waals surface area contributed by atoms with E-state index in [0.29, 0.717) is 26.2 Å². The maximum absolute atomic E-state index is 12.8. The molecule has 0 spiro atoms. The molecule has 5 rings (SSSR count). The number of hydrogen-bond acceptors (Lipinski definition) is 5. The van der Waals surface area contributed by atoms with Crippen molar-refractivity contribution in [3.8, 4) is 11.5 Å². The minimum absolute atomic E-state index is 0.164. The molecule has 2 aromatic carbocycles. The Morgan fingerprint density at radius 2 is 1.82 bits per heavy atom. The third-order valence-corrected chi connectivity index (χ3v) is 5.71. The SMILES string of the molecule is O=C1CCc2ccccc2N1Cc1cc(N2CCNCC2)cc2c1OCCO2. The lowest BCUT2D eigenvalue weighted by Crippen LogP contribution is -2.43. The lowest BCUT2D eigenvalue weighted by atomic mass is 10.00. The summed E-state index contributed by atoms with van der Waals surface area (Å²) in [5.41, 5.74) is 4.39. The summed E-state index contributed by atoms with van der Waals surface area (Å²) in [6.07, 6.45) is 1.36. The molecule has 0 aromatic heterocycles. The molecule has 3 heterocycles. The van der Waals surface area contributed by atoms with E-state index in [4.69, 9.17) is 9.47 Å². The summed E-state index contributed by atoms with van der Waals surface area (Å²) in [4.78, 5) is 17.0. The van der Waals surface area contributed by atoms with Crippen LogP contribution in [0.3, 0.4) is 0 Å². The van der Waals surface area contributed by atoms with Gasteiger partial charge in [0.05, 0.1) is 6.54 Å². The minimum Gasteiger partial charge on any atom is -0.486 e. The molecule has 6 nitrogen and oxygen atoms in total. The predicted molar refractivity (Wildman–Crippen MR) is 108 cm³/mol. The first-order chi connectivity index (χ1) is 13.8. The minimum atomic E-state index is 0.164. The molecule has 1 fully saturated rings. The summed E-state index contributed by atoms with van der Waals surface area (Å²) in [6.45, 7) is 5.47. The molecule has 0 bridgehead atoms. The van der Waals surface area contributed by atoms with Gasteiger partial charge in [-0.1, -0.05) is 18.2 Å². The van der Waals surface area contributed by atoms with Crippen LogP contribution in [-0.2, 0) is 17.8 Å². The third kappa shape index (κ3) is 3.18. The van der Waals surface area contributed by atoms with Gasteiger partial charge in [0.15, 0.2) is 11.5 Å². The highest BCUT2D eigenvalue weighted by Crippen LogP contribution is 2.40. The summed E-state index contributed by atoms with van der Waals surface area (Å²) in [6, 6.07) is 12.4. The topological polar surface area (TPSA) is 54.0 Å². The molecule has 3 aliphatic rings. The average Bonchev–Trinajstić information content (AvgIpc) is 2.76. The van der Waals surface area contributed by atoms with Crippen molar-refractivity contribution < 1.29 is 14.3 Å². The molecule has 0 saturated carbocycles. The fourth-order valence-corrected chi connectivity index (χ4v) is 4.27. The number of benzene rings is 2. The van der Waals surface area contributed by atoms with Gasteiger partial charge in [0.2, 0.25) is 5.91 Å². The van der Waals surface area contributed by atoms with Gasteiger partial charge in [-0.05, 0) is 24.1 Å². The summed E-state index contributed by atoms with van der Waals surface area (Å²) in [5, 5.41) is 3.39. The van der Waals surface area contributed by atoms with E-state index in [-0.39, 0.29) is 5.91 Å². The molecule has 1 N–H and O–H groups in total. The van der Waals surface area contributed by atoms with Crippen LogP contribution in [0.1, 0.15) is 17.5 Å². The molecule has 3 aliphatic heterocycles. The summed E-state index contributed by atoms with van der Waals surface area (Å²) in [7, 11) is 0. The van der Waals surface area contributed by atoms with Crippen LogP contribution in [0.15, 0.2) is 36.4 Å². The number of ether oxygens (including phenoxy) is 2. The van der Waals surface area contributed by atoms with Gasteiger partial charge in [0.1, 0.15) is 13.2 Å². The fourth-order valence-electron chi connectivity index (χ4n) is 4.27. The van der Waals surface area contributed by atoms with Gasteiger partial charge in [0.25, 0.3) is 0 Å². The first-order valence-corrected chi connectivity index (χ1v) is 10.1. The second-order valence-corrected chi connectivity index (χ2v) is 7.47. The summed E-state index contributed by atoms with van der Waals surface area (Å²) >= 11 is 0. The number of amides is 1. The van der Waals surface area contributed by atoms with Crippen LogP contribution in [0.5, 0.6) is 11.5 Å². The molecule has 0 atom stereocenters. The second-order valence-electron chi connectivity index (χ2n) is 7.47. The van der Waals surface area contributed by atoms with Gasteiger partial charge in [-0.25, -0.2) is 0 Å². The zero-order chi connectivity index (χ0) is 18.9. The molecule has 1 amide bonds. The van der Waals surface area contributed by atoms with Gasteiger partial charge in [0, 0.05) is 55.6 Å². The number of nitrogens with zero attached hydrogens (tertiary/aromatic N) is 2. The standard InChI is InChI=1S/C22H25N3O3/c26-21-6-5-16-3-1-2-4-19(16)25(21)15-17-13-18(24-9-7-23-8-10-24)14-20-22(17)28-12-11-27-20/h1-4,13-14,23H,5-12,15H2. The van der Waals surface area contributed by atoms with Crippen molar-refractivity contribution in [1.82, 2.24) is 5.32 Å². The monoisotopic (exact) mass is 379 g/mol. The Bertz CT molecular complexity index is 893. The van der Waals surface area contributed by atoms with E-state index in [9.17, 15) is 4.79 Å². The molecule has 0 radical (unpaired) electrons. The Kier molecular flexibility index (Phi) is 4.56. The van der Waals surface area contributed by atoms with Crippen LogP contribution in [0.4, 0.5) is 11.4 Å². The molecule has 1 saturated heterocycles. The molecule has 2 aromatic rings. The number of aryl methyl sites for hydroxylation is 1. The van der Waals surface area contributed by atoms with Crippen LogP contribution >= 0.6 is 0 Å². The Morgan fingerprint density at radius 1 is 1.00 bits per heavy atom. The number of carbonyl (C=O) groups excluding carboxylic acids is 1. The van der Waals surface area contributed by atoms with Crippen molar-refractivity contribution in [3.63, 3.8) is 0 Å². The fraction of sp³-hybridized carbons (Fsp3) is 0.409. The van der Waals surface area contributed by atoms with Crippen LogP contribution in [0.25, 0.3) is 0 Å². The van der Waals surface area contributed by atoms with E-state index in [1.54, 1.807) is 0 Å². The Morgan fingerprint density at radius 3 is 2.71 bits per heavy atom. The van der Waals surface area contributed by atoms with Crippen LogP contribution < -0.4 is 24.6 Å². The van der Waals surface area contributed by atoms with Crippen LogP contribution in [0, 0.1) is 0 Å². The van der Waals surface area contributed by atoms with E-state index >= 15 is 0 Å². The number of para-hydroxylation sites is 1. The van der Waals surface area contributed by atoms with Crippen molar-refractivity contribution >= 4 is 17.3 Å². The third-order valence-electron chi connectivity index (χ3n) is 5.71. The number of rotatable bonds is 3. The maximum atomic E-state index is 12.8. The molecular weight excluding hydrogens is 354 g/mol. The molecule has 28 heavy (non-hydrogen) atoms. The molecule has 146 valence electrons. The lowest BCUT2D eigenvalue weighted by Gasteiger charge is -2.33. The first-order valence-electron chi connectivity index (χ1n) is 10.1. The molecule has 0 unspecified atom stereocenters. The Labute approximate surface area is 165 Å². The van der Waals surface area contributed by atoms with Crippen molar-refractivity contribution in [3.05, 3.63) is 47.5 Å². The smallest absolute Gasteiger partial charge is 0.227 e. The van der Waals surface area contributed by atoms with Gasteiger partial charge >= 0.3 is 0 Å². The van der Waals surface area contributed by atoms with E-state index < -0.39 is 0 Å². The maximum Gasteiger partial charge on any atom is 0.227 e. The predicted octanol–water partition coefficient (Wildman–Crippen LogP) is 2.35. The zero-order valence-electron chi connectivity index (χ0n) is 15.9. The van der Waals surface area contributed by atoms with E-state index in [2.05, 4.69) is 28.4 Å². The number of nitrogens with one attached hydrogen (secondary N) is 1. The van der Waals surface area contributed by atoms with Crippen LogP contribution in [0.2, 0.25) is 0 Å². The van der Waals surface area contributed by atoms with Gasteiger partial charge in [-0.15, -0.1) is 0 Å². The average molecular weight is 379 g/mol. The molecule has 6 heteroatoms.